The lowest BCUT2D eigenvalue weighted by Crippen LogP contribution is -2.52. The van der Waals surface area contributed by atoms with Crippen LogP contribution in [0, 0.1) is 11.8 Å². The van der Waals surface area contributed by atoms with Crippen LogP contribution in [0.5, 0.6) is 0 Å². The molecule has 2 aromatic carbocycles. The minimum absolute atomic E-state index is 0.0104. The number of carbonyl (C=O) groups excluding carboxylic acids is 3. The monoisotopic (exact) mass is 446 g/mol. The lowest BCUT2D eigenvalue weighted by atomic mass is 9.82. The molecule has 0 spiro atoms. The fourth-order valence-electron chi connectivity index (χ4n) is 5.36. The van der Waals surface area contributed by atoms with Gasteiger partial charge in [-0.15, -0.1) is 0 Å². The largest absolute Gasteiger partial charge is 0.338 e. The maximum Gasteiger partial charge on any atom is 0.261 e. The van der Waals surface area contributed by atoms with Crippen LogP contribution in [0.2, 0.25) is 0 Å². The van der Waals surface area contributed by atoms with Crippen molar-refractivity contribution in [2.75, 3.05) is 4.90 Å². The van der Waals surface area contributed by atoms with Gasteiger partial charge in [0.15, 0.2) is 11.8 Å². The smallest absolute Gasteiger partial charge is 0.261 e. The number of nitrogens with zero attached hydrogens (tertiary/aromatic N) is 1. The number of ketones is 1. The third-order valence-corrected chi connectivity index (χ3v) is 7.06. The third kappa shape index (κ3) is 5.02. The molecule has 2 unspecified atom stereocenters. The molecule has 1 N–H and O–H groups in total. The Morgan fingerprint density at radius 1 is 0.970 bits per heavy atom. The molecule has 0 bridgehead atoms. The van der Waals surface area contributed by atoms with E-state index in [1.807, 2.05) is 68.4 Å². The van der Waals surface area contributed by atoms with E-state index >= 15 is 0 Å². The van der Waals surface area contributed by atoms with Crippen LogP contribution in [0.1, 0.15) is 70.3 Å². The number of carbonyl (C=O) groups is 3. The maximum atomic E-state index is 13.8. The molecule has 2 atom stereocenters. The molecule has 4 rings (SSSR count). The van der Waals surface area contributed by atoms with E-state index in [0.29, 0.717) is 23.7 Å². The predicted octanol–water partition coefficient (Wildman–Crippen LogP) is 5.52. The van der Waals surface area contributed by atoms with Gasteiger partial charge in [0.2, 0.25) is 5.91 Å². The van der Waals surface area contributed by atoms with Crippen molar-refractivity contribution in [1.82, 2.24) is 5.32 Å². The highest BCUT2D eigenvalue weighted by atomic mass is 16.2. The van der Waals surface area contributed by atoms with Gasteiger partial charge in [0, 0.05) is 18.0 Å². The summed E-state index contributed by atoms with van der Waals surface area (Å²) >= 11 is 0. The van der Waals surface area contributed by atoms with Crippen molar-refractivity contribution in [3.63, 3.8) is 0 Å². The summed E-state index contributed by atoms with van der Waals surface area (Å²) in [6, 6.07) is 15.8. The summed E-state index contributed by atoms with van der Waals surface area (Å²) in [5.41, 5.74) is 2.22. The molecular weight excluding hydrogens is 412 g/mol. The molecule has 1 aliphatic heterocycles. The second-order valence-corrected chi connectivity index (χ2v) is 9.74. The van der Waals surface area contributed by atoms with Crippen LogP contribution in [0.25, 0.3) is 0 Å². The lowest BCUT2D eigenvalue weighted by Gasteiger charge is -2.26. The van der Waals surface area contributed by atoms with Gasteiger partial charge < -0.3 is 5.32 Å². The fraction of sp³-hybridized carbons (Fsp3) is 0.464. The Bertz CT molecular complexity index is 995. The first kappa shape index (κ1) is 23.2. The molecule has 1 aliphatic carbocycles. The van der Waals surface area contributed by atoms with E-state index in [1.165, 1.54) is 32.1 Å². The number of fused-ring (bicyclic) bond motifs is 1. The maximum absolute atomic E-state index is 13.8. The number of amides is 2. The van der Waals surface area contributed by atoms with Gasteiger partial charge in [-0.3, -0.25) is 19.3 Å². The molecule has 2 aliphatic rings. The first-order valence-corrected chi connectivity index (χ1v) is 12.3. The van der Waals surface area contributed by atoms with Crippen molar-refractivity contribution in [3.8, 4) is 0 Å². The van der Waals surface area contributed by atoms with Crippen molar-refractivity contribution in [3.05, 3.63) is 60.2 Å². The molecule has 5 heteroatoms. The molecule has 1 fully saturated rings. The van der Waals surface area contributed by atoms with Crippen LogP contribution < -0.4 is 10.2 Å². The topological polar surface area (TPSA) is 66.5 Å². The molecule has 2 aromatic rings. The molecule has 0 saturated heterocycles. The SMILES string of the molecule is CC(C)C1C(=O)C(NC(=O)CCC2CCCCC2)C(=O)N(c2ccccc2)c2ccccc21. The second kappa shape index (κ2) is 10.3. The molecule has 1 saturated carbocycles. The molecule has 33 heavy (non-hydrogen) atoms. The number of para-hydroxylation sites is 2. The summed E-state index contributed by atoms with van der Waals surface area (Å²) in [6.07, 6.45) is 7.24. The van der Waals surface area contributed by atoms with Gasteiger partial charge in [0.25, 0.3) is 5.91 Å². The molecule has 2 amide bonds. The first-order chi connectivity index (χ1) is 16.0. The zero-order valence-electron chi connectivity index (χ0n) is 19.6. The Morgan fingerprint density at radius 3 is 2.33 bits per heavy atom. The van der Waals surface area contributed by atoms with E-state index in [2.05, 4.69) is 5.32 Å². The van der Waals surface area contributed by atoms with Gasteiger partial charge in [0.1, 0.15) is 0 Å². The fourth-order valence-corrected chi connectivity index (χ4v) is 5.36. The van der Waals surface area contributed by atoms with Crippen LogP contribution in [0.3, 0.4) is 0 Å². The average Bonchev–Trinajstić information content (AvgIpc) is 2.91. The number of nitrogens with one attached hydrogen (secondary N) is 1. The Morgan fingerprint density at radius 2 is 1.64 bits per heavy atom. The first-order valence-electron chi connectivity index (χ1n) is 12.3. The zero-order chi connectivity index (χ0) is 23.4. The van der Waals surface area contributed by atoms with Gasteiger partial charge >= 0.3 is 0 Å². The molecule has 0 radical (unpaired) electrons. The Hall–Kier alpha value is -2.95. The Kier molecular flexibility index (Phi) is 7.26. The van der Waals surface area contributed by atoms with E-state index in [9.17, 15) is 14.4 Å². The molecular formula is C28H34N2O3. The zero-order valence-corrected chi connectivity index (χ0v) is 19.6. The summed E-state index contributed by atoms with van der Waals surface area (Å²) < 4.78 is 0. The highest BCUT2D eigenvalue weighted by Crippen LogP contribution is 2.40. The van der Waals surface area contributed by atoms with Crippen molar-refractivity contribution < 1.29 is 14.4 Å². The number of benzene rings is 2. The Balaban J connectivity index is 1.65. The summed E-state index contributed by atoms with van der Waals surface area (Å²) in [6.45, 7) is 3.98. The quantitative estimate of drug-likeness (QED) is 0.594. The predicted molar refractivity (Wildman–Crippen MR) is 130 cm³/mol. The van der Waals surface area contributed by atoms with Crippen LogP contribution in [0.4, 0.5) is 11.4 Å². The molecule has 5 nitrogen and oxygen atoms in total. The van der Waals surface area contributed by atoms with Crippen LogP contribution in [0.15, 0.2) is 54.6 Å². The molecule has 174 valence electrons. The van der Waals surface area contributed by atoms with E-state index in [1.54, 1.807) is 4.90 Å². The summed E-state index contributed by atoms with van der Waals surface area (Å²) in [4.78, 5) is 42.0. The minimum atomic E-state index is -1.19. The number of Topliss-reactive ketones (excluding diaryl/α,β-unsaturated/α-hetero) is 1. The number of anilines is 2. The Labute approximate surface area is 196 Å². The highest BCUT2D eigenvalue weighted by Gasteiger charge is 2.43. The lowest BCUT2D eigenvalue weighted by molar-refractivity contribution is -0.135. The highest BCUT2D eigenvalue weighted by molar-refractivity contribution is 6.20. The van der Waals surface area contributed by atoms with Crippen LogP contribution in [-0.2, 0) is 14.4 Å². The standard InChI is InChI=1S/C28H34N2O3/c1-19(2)25-22-15-9-10-16-23(22)30(21-13-7-4-8-14-21)28(33)26(27(25)32)29-24(31)18-17-20-11-5-3-6-12-20/h4,7-10,13-16,19-20,25-26H,3,5-6,11-12,17-18H2,1-2H3,(H,29,31). The van der Waals surface area contributed by atoms with Crippen LogP contribution in [-0.4, -0.2) is 23.6 Å². The van der Waals surface area contributed by atoms with Gasteiger partial charge in [-0.25, -0.2) is 0 Å². The van der Waals surface area contributed by atoms with Gasteiger partial charge in [-0.05, 0) is 42.0 Å². The summed E-state index contributed by atoms with van der Waals surface area (Å²) in [5.74, 6) is -0.752. The summed E-state index contributed by atoms with van der Waals surface area (Å²) in [7, 11) is 0. The van der Waals surface area contributed by atoms with Crippen molar-refractivity contribution in [1.29, 1.82) is 0 Å². The van der Waals surface area contributed by atoms with Crippen molar-refractivity contribution >= 4 is 29.0 Å². The van der Waals surface area contributed by atoms with E-state index < -0.39 is 17.9 Å². The van der Waals surface area contributed by atoms with Crippen molar-refractivity contribution in [2.24, 2.45) is 11.8 Å². The van der Waals surface area contributed by atoms with Gasteiger partial charge in [0.05, 0.1) is 5.69 Å². The number of hydrogen-bond donors (Lipinski definition) is 1. The second-order valence-electron chi connectivity index (χ2n) is 9.74. The van der Waals surface area contributed by atoms with E-state index in [0.717, 1.165) is 12.0 Å². The minimum Gasteiger partial charge on any atom is -0.338 e. The van der Waals surface area contributed by atoms with E-state index in [4.69, 9.17) is 0 Å². The normalized spacial score (nSPS) is 21.6. The molecule has 1 heterocycles. The number of hydrogen-bond acceptors (Lipinski definition) is 3. The number of rotatable bonds is 6. The van der Waals surface area contributed by atoms with Crippen molar-refractivity contribution in [2.45, 2.75) is 70.8 Å². The molecule has 0 aromatic heterocycles. The van der Waals surface area contributed by atoms with Crippen LogP contribution >= 0.6 is 0 Å². The van der Waals surface area contributed by atoms with E-state index in [-0.39, 0.29) is 17.6 Å². The van der Waals surface area contributed by atoms with Gasteiger partial charge in [-0.2, -0.15) is 0 Å². The average molecular weight is 447 g/mol. The summed E-state index contributed by atoms with van der Waals surface area (Å²) in [5, 5.41) is 2.84. The van der Waals surface area contributed by atoms with Gasteiger partial charge in [-0.1, -0.05) is 82.3 Å². The third-order valence-electron chi connectivity index (χ3n) is 7.06.